The van der Waals surface area contributed by atoms with Gasteiger partial charge in [0.1, 0.15) is 5.75 Å². The number of carbonyl (C=O) groups is 2. The van der Waals surface area contributed by atoms with Crippen molar-refractivity contribution in [3.8, 4) is 5.75 Å². The molecular formula is C19H22BrN3O3. The molecule has 0 heterocycles. The quantitative estimate of drug-likeness (QED) is 0.628. The molecule has 138 valence electrons. The highest BCUT2D eigenvalue weighted by atomic mass is 79.9. The molecule has 0 fully saturated rings. The van der Waals surface area contributed by atoms with Gasteiger partial charge in [-0.2, -0.15) is 0 Å². The standard InChI is InChI=1S/C19H22BrN3O3/c1-12-4-6-16(14(3)8-12)21-10-18(24)22-23-19(25)11-26-17-7-5-13(2)9-15(17)20/h4-9,21H,10-11H2,1-3H3,(H,22,24)(H,23,25). The predicted octanol–water partition coefficient (Wildman–Crippen LogP) is 3.01. The van der Waals surface area contributed by atoms with E-state index in [4.69, 9.17) is 4.74 Å². The van der Waals surface area contributed by atoms with Gasteiger partial charge in [-0.15, -0.1) is 0 Å². The van der Waals surface area contributed by atoms with Crippen molar-refractivity contribution in [2.75, 3.05) is 18.5 Å². The van der Waals surface area contributed by atoms with E-state index in [-0.39, 0.29) is 19.1 Å². The van der Waals surface area contributed by atoms with Gasteiger partial charge >= 0.3 is 0 Å². The lowest BCUT2D eigenvalue weighted by Gasteiger charge is -2.12. The molecule has 0 spiro atoms. The molecule has 2 rings (SSSR count). The molecule has 26 heavy (non-hydrogen) atoms. The van der Waals surface area contributed by atoms with Gasteiger partial charge in [0.2, 0.25) is 0 Å². The van der Waals surface area contributed by atoms with E-state index in [1.54, 1.807) is 6.07 Å². The molecule has 0 unspecified atom stereocenters. The van der Waals surface area contributed by atoms with Crippen molar-refractivity contribution in [3.63, 3.8) is 0 Å². The number of nitrogens with one attached hydrogen (secondary N) is 3. The maximum absolute atomic E-state index is 11.8. The third kappa shape index (κ3) is 6.07. The molecule has 0 aromatic heterocycles. The van der Waals surface area contributed by atoms with E-state index in [2.05, 4.69) is 32.1 Å². The SMILES string of the molecule is Cc1ccc(NCC(=O)NNC(=O)COc2ccc(C)cc2Br)c(C)c1. The molecule has 0 aliphatic rings. The van der Waals surface area contributed by atoms with Crippen LogP contribution in [0.3, 0.4) is 0 Å². The topological polar surface area (TPSA) is 79.5 Å². The zero-order valence-corrected chi connectivity index (χ0v) is 16.6. The number of hydrazine groups is 1. The van der Waals surface area contributed by atoms with Gasteiger partial charge in [0.15, 0.2) is 6.61 Å². The van der Waals surface area contributed by atoms with Crippen LogP contribution in [0.15, 0.2) is 40.9 Å². The molecule has 0 aliphatic carbocycles. The van der Waals surface area contributed by atoms with Crippen molar-refractivity contribution < 1.29 is 14.3 Å². The number of hydrogen-bond donors (Lipinski definition) is 3. The van der Waals surface area contributed by atoms with Crippen LogP contribution in [0.25, 0.3) is 0 Å². The highest BCUT2D eigenvalue weighted by Gasteiger charge is 2.08. The fraction of sp³-hybridized carbons (Fsp3) is 0.263. The molecule has 0 saturated heterocycles. The summed E-state index contributed by atoms with van der Waals surface area (Å²) in [5.41, 5.74) is 8.85. The summed E-state index contributed by atoms with van der Waals surface area (Å²) in [4.78, 5) is 23.6. The van der Waals surface area contributed by atoms with E-state index in [0.717, 1.165) is 26.9 Å². The van der Waals surface area contributed by atoms with Crippen LogP contribution in [-0.4, -0.2) is 25.0 Å². The van der Waals surface area contributed by atoms with Crippen molar-refractivity contribution in [1.82, 2.24) is 10.9 Å². The van der Waals surface area contributed by atoms with Crippen LogP contribution in [0.5, 0.6) is 5.75 Å². The average molecular weight is 420 g/mol. The van der Waals surface area contributed by atoms with E-state index >= 15 is 0 Å². The van der Waals surface area contributed by atoms with Crippen molar-refractivity contribution in [3.05, 3.63) is 57.6 Å². The number of rotatable bonds is 6. The fourth-order valence-electron chi connectivity index (χ4n) is 2.27. The molecular weight excluding hydrogens is 398 g/mol. The second-order valence-corrected chi connectivity index (χ2v) is 6.85. The van der Waals surface area contributed by atoms with Gasteiger partial charge in [0.25, 0.3) is 11.8 Å². The first kappa shape index (κ1) is 19.8. The Morgan fingerprint density at radius 1 is 0.962 bits per heavy atom. The monoisotopic (exact) mass is 419 g/mol. The lowest BCUT2D eigenvalue weighted by Crippen LogP contribution is -2.46. The van der Waals surface area contributed by atoms with Gasteiger partial charge < -0.3 is 10.1 Å². The van der Waals surface area contributed by atoms with E-state index in [1.165, 1.54) is 0 Å². The lowest BCUT2D eigenvalue weighted by atomic mass is 10.1. The van der Waals surface area contributed by atoms with E-state index in [1.807, 2.05) is 51.1 Å². The molecule has 2 amide bonds. The van der Waals surface area contributed by atoms with Crippen LogP contribution in [0.1, 0.15) is 16.7 Å². The summed E-state index contributed by atoms with van der Waals surface area (Å²) in [7, 11) is 0. The summed E-state index contributed by atoms with van der Waals surface area (Å²) in [5.74, 6) is -0.235. The van der Waals surface area contributed by atoms with Crippen molar-refractivity contribution in [1.29, 1.82) is 0 Å². The number of carbonyl (C=O) groups excluding carboxylic acids is 2. The van der Waals surface area contributed by atoms with Gasteiger partial charge in [-0.25, -0.2) is 0 Å². The van der Waals surface area contributed by atoms with E-state index in [9.17, 15) is 9.59 Å². The Balaban J connectivity index is 1.72. The Morgan fingerprint density at radius 2 is 1.62 bits per heavy atom. The second kappa shape index (κ2) is 9.24. The first-order chi connectivity index (χ1) is 12.3. The zero-order chi connectivity index (χ0) is 19.1. The lowest BCUT2D eigenvalue weighted by molar-refractivity contribution is -0.129. The van der Waals surface area contributed by atoms with Crippen molar-refractivity contribution in [2.24, 2.45) is 0 Å². The van der Waals surface area contributed by atoms with Crippen LogP contribution in [0.2, 0.25) is 0 Å². The number of anilines is 1. The van der Waals surface area contributed by atoms with Gasteiger partial charge in [-0.05, 0) is 66.0 Å². The van der Waals surface area contributed by atoms with Gasteiger partial charge in [0, 0.05) is 5.69 Å². The minimum atomic E-state index is -0.447. The number of ether oxygens (including phenoxy) is 1. The van der Waals surface area contributed by atoms with Crippen molar-refractivity contribution in [2.45, 2.75) is 20.8 Å². The summed E-state index contributed by atoms with van der Waals surface area (Å²) < 4.78 is 6.19. The maximum atomic E-state index is 11.8. The number of benzene rings is 2. The molecule has 0 aliphatic heterocycles. The second-order valence-electron chi connectivity index (χ2n) is 5.99. The Labute approximate surface area is 161 Å². The molecule has 2 aromatic rings. The molecule has 0 atom stereocenters. The molecule has 3 N–H and O–H groups in total. The summed E-state index contributed by atoms with van der Waals surface area (Å²) in [6.07, 6.45) is 0. The summed E-state index contributed by atoms with van der Waals surface area (Å²) in [5, 5.41) is 3.03. The van der Waals surface area contributed by atoms with Gasteiger partial charge in [-0.3, -0.25) is 20.4 Å². The Kier molecular flexibility index (Phi) is 7.03. The Morgan fingerprint density at radius 3 is 2.31 bits per heavy atom. The highest BCUT2D eigenvalue weighted by molar-refractivity contribution is 9.10. The number of halogens is 1. The third-order valence-electron chi connectivity index (χ3n) is 3.61. The first-order valence-electron chi connectivity index (χ1n) is 8.13. The maximum Gasteiger partial charge on any atom is 0.276 e. The Hall–Kier alpha value is -2.54. The molecule has 0 bridgehead atoms. The molecule has 0 radical (unpaired) electrons. The number of aryl methyl sites for hydroxylation is 3. The molecule has 7 heteroatoms. The highest BCUT2D eigenvalue weighted by Crippen LogP contribution is 2.25. The molecule has 6 nitrogen and oxygen atoms in total. The largest absolute Gasteiger partial charge is 0.483 e. The number of hydrogen-bond acceptors (Lipinski definition) is 4. The van der Waals surface area contributed by atoms with Gasteiger partial charge in [-0.1, -0.05) is 23.8 Å². The first-order valence-corrected chi connectivity index (χ1v) is 8.92. The van der Waals surface area contributed by atoms with Gasteiger partial charge in [0.05, 0.1) is 11.0 Å². The summed E-state index contributed by atoms with van der Waals surface area (Å²) in [6.45, 7) is 5.79. The average Bonchev–Trinajstić information content (AvgIpc) is 2.58. The summed E-state index contributed by atoms with van der Waals surface area (Å²) in [6, 6.07) is 11.5. The van der Waals surface area contributed by atoms with Crippen LogP contribution in [0.4, 0.5) is 5.69 Å². The molecule has 0 saturated carbocycles. The minimum absolute atomic E-state index is 0.0501. The Bertz CT molecular complexity index is 741. The smallest absolute Gasteiger partial charge is 0.276 e. The summed E-state index contributed by atoms with van der Waals surface area (Å²) >= 11 is 3.38. The zero-order valence-electron chi connectivity index (χ0n) is 15.0. The van der Waals surface area contributed by atoms with Crippen LogP contribution in [0, 0.1) is 20.8 Å². The van der Waals surface area contributed by atoms with Crippen LogP contribution < -0.4 is 20.9 Å². The van der Waals surface area contributed by atoms with Crippen LogP contribution >= 0.6 is 15.9 Å². The van der Waals surface area contributed by atoms with Crippen LogP contribution in [-0.2, 0) is 9.59 Å². The van der Waals surface area contributed by atoms with Crippen molar-refractivity contribution >= 4 is 33.4 Å². The normalized spacial score (nSPS) is 10.2. The number of amides is 2. The molecule has 2 aromatic carbocycles. The fourth-order valence-corrected chi connectivity index (χ4v) is 2.88. The predicted molar refractivity (Wildman–Crippen MR) is 105 cm³/mol. The van der Waals surface area contributed by atoms with E-state index in [0.29, 0.717) is 5.75 Å². The minimum Gasteiger partial charge on any atom is -0.483 e. The third-order valence-corrected chi connectivity index (χ3v) is 4.23. The van der Waals surface area contributed by atoms with E-state index < -0.39 is 5.91 Å².